The monoisotopic (exact) mass is 237 g/mol. The van der Waals surface area contributed by atoms with E-state index in [1.54, 1.807) is 25.2 Å². The van der Waals surface area contributed by atoms with Crippen molar-refractivity contribution in [3.8, 4) is 0 Å². The summed E-state index contributed by atoms with van der Waals surface area (Å²) in [6, 6.07) is 7.08. The summed E-state index contributed by atoms with van der Waals surface area (Å²) in [5.41, 5.74) is 0. The number of aromatic nitrogens is 1. The lowest BCUT2D eigenvalue weighted by Crippen LogP contribution is -2.13. The van der Waals surface area contributed by atoms with Gasteiger partial charge in [-0.15, -0.1) is 0 Å². The minimum atomic E-state index is -3.74. The number of hydrogen-bond acceptors (Lipinski definition) is 4. The summed E-state index contributed by atoms with van der Waals surface area (Å²) in [4.78, 5) is 4.07. The number of nitrogens with one attached hydrogen (secondary N) is 1. The van der Waals surface area contributed by atoms with Crippen LogP contribution in [0.3, 0.4) is 0 Å². The lowest BCUT2D eigenvalue weighted by Gasteiger charge is -2.08. The van der Waals surface area contributed by atoms with Gasteiger partial charge in [0.1, 0.15) is 10.7 Å². The topological polar surface area (TPSA) is 85.1 Å². The molecule has 5 nitrogen and oxygen atoms in total. The van der Waals surface area contributed by atoms with Crippen molar-refractivity contribution in [3.05, 3.63) is 30.5 Å². The maximum atomic E-state index is 11.4. The van der Waals surface area contributed by atoms with Crippen molar-refractivity contribution in [2.75, 3.05) is 12.4 Å². The second-order valence-corrected chi connectivity index (χ2v) is 4.84. The molecule has 2 rings (SSSR count). The van der Waals surface area contributed by atoms with Crippen molar-refractivity contribution in [2.24, 2.45) is 5.14 Å². The van der Waals surface area contributed by atoms with Crippen LogP contribution in [0.25, 0.3) is 10.8 Å². The fourth-order valence-corrected chi connectivity index (χ4v) is 2.28. The first kappa shape index (κ1) is 10.8. The fourth-order valence-electron chi connectivity index (χ4n) is 1.59. The van der Waals surface area contributed by atoms with E-state index in [1.807, 2.05) is 6.07 Å². The van der Waals surface area contributed by atoms with Crippen molar-refractivity contribution in [3.63, 3.8) is 0 Å². The molecule has 0 aliphatic rings. The van der Waals surface area contributed by atoms with Gasteiger partial charge in [0.05, 0.1) is 0 Å². The summed E-state index contributed by atoms with van der Waals surface area (Å²) in [5, 5.41) is 9.33. The Kier molecular flexibility index (Phi) is 2.53. The molecule has 0 spiro atoms. The molecule has 0 amide bonds. The van der Waals surface area contributed by atoms with Crippen LogP contribution in [0.2, 0.25) is 0 Å². The van der Waals surface area contributed by atoms with Crippen LogP contribution in [0.15, 0.2) is 35.4 Å². The van der Waals surface area contributed by atoms with Crippen LogP contribution in [0.4, 0.5) is 5.82 Å². The number of benzene rings is 1. The molecule has 0 radical (unpaired) electrons. The molecule has 84 valence electrons. The van der Waals surface area contributed by atoms with Gasteiger partial charge in [0.2, 0.25) is 10.0 Å². The molecular formula is C10H11N3O2S. The fraction of sp³-hybridized carbons (Fsp3) is 0.100. The van der Waals surface area contributed by atoms with Crippen LogP contribution >= 0.6 is 0 Å². The van der Waals surface area contributed by atoms with Crippen molar-refractivity contribution in [1.29, 1.82) is 0 Å². The molecule has 1 aromatic carbocycles. The number of anilines is 1. The highest BCUT2D eigenvalue weighted by Crippen LogP contribution is 2.26. The summed E-state index contributed by atoms with van der Waals surface area (Å²) < 4.78 is 22.7. The highest BCUT2D eigenvalue weighted by atomic mass is 32.2. The molecule has 0 bridgehead atoms. The molecule has 0 aliphatic heterocycles. The van der Waals surface area contributed by atoms with Crippen molar-refractivity contribution in [2.45, 2.75) is 4.90 Å². The normalized spacial score (nSPS) is 11.6. The summed E-state index contributed by atoms with van der Waals surface area (Å²) >= 11 is 0. The summed E-state index contributed by atoms with van der Waals surface area (Å²) in [7, 11) is -2.02. The standard InChI is InChI=1S/C10H11N3O2S/c1-12-10-8-5-3-2-4-7(8)9(6-13-10)16(11,14)15/h2-6H,1H3,(H,12,13)(H2,11,14,15). The molecule has 0 atom stereocenters. The van der Waals surface area contributed by atoms with E-state index in [2.05, 4.69) is 10.3 Å². The van der Waals surface area contributed by atoms with E-state index in [4.69, 9.17) is 5.14 Å². The second kappa shape index (κ2) is 3.73. The van der Waals surface area contributed by atoms with Crippen LogP contribution < -0.4 is 10.5 Å². The van der Waals surface area contributed by atoms with Gasteiger partial charge in [-0.05, 0) is 0 Å². The Hall–Kier alpha value is -1.66. The number of rotatable bonds is 2. The first-order chi connectivity index (χ1) is 7.54. The number of nitrogens with zero attached hydrogens (tertiary/aromatic N) is 1. The first-order valence-corrected chi connectivity index (χ1v) is 6.17. The lowest BCUT2D eigenvalue weighted by atomic mass is 10.1. The molecule has 3 N–H and O–H groups in total. The molecule has 0 fully saturated rings. The van der Waals surface area contributed by atoms with E-state index < -0.39 is 10.0 Å². The summed E-state index contributed by atoms with van der Waals surface area (Å²) in [6.07, 6.45) is 1.27. The molecule has 1 aromatic heterocycles. The Morgan fingerprint density at radius 1 is 1.25 bits per heavy atom. The second-order valence-electron chi connectivity index (χ2n) is 3.31. The van der Waals surface area contributed by atoms with Crippen LogP contribution in [-0.2, 0) is 10.0 Å². The number of hydrogen-bond donors (Lipinski definition) is 2. The number of fused-ring (bicyclic) bond motifs is 1. The summed E-state index contributed by atoms with van der Waals surface area (Å²) in [6.45, 7) is 0. The smallest absolute Gasteiger partial charge is 0.240 e. The Morgan fingerprint density at radius 3 is 2.44 bits per heavy atom. The van der Waals surface area contributed by atoms with Gasteiger partial charge in [-0.3, -0.25) is 0 Å². The number of primary sulfonamides is 1. The maximum absolute atomic E-state index is 11.4. The quantitative estimate of drug-likeness (QED) is 0.813. The summed E-state index contributed by atoms with van der Waals surface area (Å²) in [5.74, 6) is 0.628. The maximum Gasteiger partial charge on any atom is 0.240 e. The number of pyridine rings is 1. The van der Waals surface area contributed by atoms with Crippen molar-refractivity contribution in [1.82, 2.24) is 4.98 Å². The minimum Gasteiger partial charge on any atom is -0.373 e. The number of nitrogens with two attached hydrogens (primary N) is 1. The van der Waals surface area contributed by atoms with Gasteiger partial charge in [-0.2, -0.15) is 0 Å². The minimum absolute atomic E-state index is 0.0436. The average Bonchev–Trinajstić information content (AvgIpc) is 2.26. The van der Waals surface area contributed by atoms with Crippen LogP contribution in [0.5, 0.6) is 0 Å². The molecule has 0 aliphatic carbocycles. The van der Waals surface area contributed by atoms with E-state index >= 15 is 0 Å². The lowest BCUT2D eigenvalue weighted by molar-refractivity contribution is 0.598. The number of sulfonamides is 1. The van der Waals surface area contributed by atoms with Crippen LogP contribution in [-0.4, -0.2) is 20.4 Å². The average molecular weight is 237 g/mol. The third-order valence-electron chi connectivity index (χ3n) is 2.30. The Balaban J connectivity index is 2.91. The Labute approximate surface area is 93.3 Å². The highest BCUT2D eigenvalue weighted by Gasteiger charge is 2.14. The highest BCUT2D eigenvalue weighted by molar-refractivity contribution is 7.89. The molecule has 0 saturated heterocycles. The first-order valence-electron chi connectivity index (χ1n) is 4.62. The Bertz CT molecular complexity index is 638. The van der Waals surface area contributed by atoms with Gasteiger partial charge in [-0.1, -0.05) is 24.3 Å². The van der Waals surface area contributed by atoms with E-state index in [1.165, 1.54) is 6.20 Å². The Morgan fingerprint density at radius 2 is 1.88 bits per heavy atom. The SMILES string of the molecule is CNc1ncc(S(N)(=O)=O)c2ccccc12. The molecule has 16 heavy (non-hydrogen) atoms. The predicted octanol–water partition coefficient (Wildman–Crippen LogP) is 0.924. The van der Waals surface area contributed by atoms with Crippen LogP contribution in [0.1, 0.15) is 0 Å². The van der Waals surface area contributed by atoms with E-state index in [9.17, 15) is 8.42 Å². The van der Waals surface area contributed by atoms with Gasteiger partial charge >= 0.3 is 0 Å². The molecule has 6 heteroatoms. The zero-order chi connectivity index (χ0) is 11.8. The van der Waals surface area contributed by atoms with Crippen LogP contribution in [0, 0.1) is 0 Å². The van der Waals surface area contributed by atoms with Crippen molar-refractivity contribution < 1.29 is 8.42 Å². The van der Waals surface area contributed by atoms with E-state index in [-0.39, 0.29) is 4.90 Å². The van der Waals surface area contributed by atoms with Gasteiger partial charge in [-0.25, -0.2) is 18.5 Å². The van der Waals surface area contributed by atoms with Crippen molar-refractivity contribution >= 4 is 26.6 Å². The molecule has 0 saturated carbocycles. The molecule has 1 heterocycles. The van der Waals surface area contributed by atoms with Gasteiger partial charge in [0.15, 0.2) is 0 Å². The van der Waals surface area contributed by atoms with Gasteiger partial charge < -0.3 is 5.32 Å². The van der Waals surface area contributed by atoms with E-state index in [0.717, 1.165) is 5.39 Å². The molecular weight excluding hydrogens is 226 g/mol. The van der Waals surface area contributed by atoms with E-state index in [0.29, 0.717) is 11.2 Å². The zero-order valence-electron chi connectivity index (χ0n) is 8.64. The molecule has 0 unspecified atom stereocenters. The largest absolute Gasteiger partial charge is 0.373 e. The van der Waals surface area contributed by atoms with Gasteiger partial charge in [0.25, 0.3) is 0 Å². The predicted molar refractivity (Wildman–Crippen MR) is 62.7 cm³/mol. The van der Waals surface area contributed by atoms with Gasteiger partial charge in [0, 0.05) is 24.0 Å². The molecule has 2 aromatic rings. The third kappa shape index (κ3) is 1.72. The zero-order valence-corrected chi connectivity index (χ0v) is 9.45. The third-order valence-corrected chi connectivity index (χ3v) is 3.24.